The van der Waals surface area contributed by atoms with Gasteiger partial charge in [0, 0.05) is 18.8 Å². The molecule has 5 heteroatoms. The predicted molar refractivity (Wildman–Crippen MR) is 87.1 cm³/mol. The maximum atomic E-state index is 12.5. The fourth-order valence-electron chi connectivity index (χ4n) is 2.88. The fourth-order valence-corrected chi connectivity index (χ4v) is 2.88. The second kappa shape index (κ2) is 6.69. The summed E-state index contributed by atoms with van der Waals surface area (Å²) in [5, 5.41) is 2.97. The van der Waals surface area contributed by atoms with Crippen molar-refractivity contribution in [2.24, 2.45) is 5.92 Å². The first-order valence-electron chi connectivity index (χ1n) is 7.84. The number of carbonyl (C=O) groups is 2. The Morgan fingerprint density at radius 2 is 2.04 bits per heavy atom. The molecule has 0 aliphatic carbocycles. The minimum atomic E-state index is -0.192. The average molecular weight is 312 g/mol. The molecule has 2 amide bonds. The van der Waals surface area contributed by atoms with E-state index < -0.39 is 0 Å². The van der Waals surface area contributed by atoms with Crippen molar-refractivity contribution in [1.82, 2.24) is 4.90 Å². The van der Waals surface area contributed by atoms with E-state index in [1.165, 1.54) is 6.26 Å². The number of furan rings is 1. The smallest absolute Gasteiger partial charge is 0.289 e. The van der Waals surface area contributed by atoms with E-state index >= 15 is 0 Å². The zero-order chi connectivity index (χ0) is 16.2. The van der Waals surface area contributed by atoms with E-state index in [2.05, 4.69) is 5.32 Å². The lowest BCUT2D eigenvalue weighted by Gasteiger charge is -2.31. The van der Waals surface area contributed by atoms with Crippen molar-refractivity contribution in [2.75, 3.05) is 18.4 Å². The lowest BCUT2D eigenvalue weighted by molar-refractivity contribution is -0.121. The molecule has 0 saturated carbocycles. The highest BCUT2D eigenvalue weighted by atomic mass is 16.3. The van der Waals surface area contributed by atoms with E-state index in [-0.39, 0.29) is 17.7 Å². The van der Waals surface area contributed by atoms with Gasteiger partial charge in [0.2, 0.25) is 5.91 Å². The van der Waals surface area contributed by atoms with Gasteiger partial charge in [-0.1, -0.05) is 18.2 Å². The molecule has 1 aromatic heterocycles. The first-order chi connectivity index (χ1) is 11.1. The van der Waals surface area contributed by atoms with Gasteiger partial charge in [-0.15, -0.1) is 0 Å². The third-order valence-electron chi connectivity index (χ3n) is 4.21. The van der Waals surface area contributed by atoms with Crippen molar-refractivity contribution in [2.45, 2.75) is 19.8 Å². The second-order valence-electron chi connectivity index (χ2n) is 5.87. The Bertz CT molecular complexity index is 694. The summed E-state index contributed by atoms with van der Waals surface area (Å²) >= 11 is 0. The Kier molecular flexibility index (Phi) is 4.46. The third kappa shape index (κ3) is 3.44. The minimum absolute atomic E-state index is 0.0313. The van der Waals surface area contributed by atoms with Crippen molar-refractivity contribution < 1.29 is 14.0 Å². The van der Waals surface area contributed by atoms with Gasteiger partial charge in [0.15, 0.2) is 5.76 Å². The van der Waals surface area contributed by atoms with Crippen molar-refractivity contribution >= 4 is 17.5 Å². The summed E-state index contributed by atoms with van der Waals surface area (Å²) < 4.78 is 5.16. The van der Waals surface area contributed by atoms with Gasteiger partial charge in [-0.3, -0.25) is 9.59 Å². The van der Waals surface area contributed by atoms with Crippen molar-refractivity contribution in [3.8, 4) is 0 Å². The highest BCUT2D eigenvalue weighted by Crippen LogP contribution is 2.21. The number of para-hydroxylation sites is 1. The van der Waals surface area contributed by atoms with Gasteiger partial charge in [-0.05, 0) is 43.5 Å². The molecule has 0 unspecified atom stereocenters. The van der Waals surface area contributed by atoms with Gasteiger partial charge < -0.3 is 14.6 Å². The molecule has 2 aromatic rings. The van der Waals surface area contributed by atoms with Crippen molar-refractivity contribution in [3.05, 3.63) is 54.0 Å². The quantitative estimate of drug-likeness (QED) is 0.947. The number of aryl methyl sites for hydroxylation is 1. The molecule has 1 aliphatic heterocycles. The number of amides is 2. The Morgan fingerprint density at radius 1 is 1.22 bits per heavy atom. The van der Waals surface area contributed by atoms with E-state index in [1.807, 2.05) is 31.2 Å². The molecular formula is C18H20N2O3. The normalized spacial score (nSPS) is 17.8. The molecule has 5 nitrogen and oxygen atoms in total. The number of piperidine rings is 1. The molecular weight excluding hydrogens is 292 g/mol. The molecule has 1 saturated heterocycles. The van der Waals surface area contributed by atoms with Gasteiger partial charge >= 0.3 is 0 Å². The maximum Gasteiger partial charge on any atom is 0.289 e. The molecule has 0 bridgehead atoms. The predicted octanol–water partition coefficient (Wildman–Crippen LogP) is 3.08. The lowest BCUT2D eigenvalue weighted by Crippen LogP contribution is -2.43. The van der Waals surface area contributed by atoms with Gasteiger partial charge in [-0.25, -0.2) is 0 Å². The summed E-state index contributed by atoms with van der Waals surface area (Å²) in [6, 6.07) is 11.0. The Hall–Kier alpha value is -2.56. The summed E-state index contributed by atoms with van der Waals surface area (Å²) in [6.07, 6.45) is 3.09. The van der Waals surface area contributed by atoms with E-state index in [0.29, 0.717) is 18.8 Å². The van der Waals surface area contributed by atoms with Gasteiger partial charge in [0.05, 0.1) is 12.2 Å². The molecule has 0 radical (unpaired) electrons. The monoisotopic (exact) mass is 312 g/mol. The number of rotatable bonds is 3. The Morgan fingerprint density at radius 3 is 2.78 bits per heavy atom. The van der Waals surface area contributed by atoms with Crippen molar-refractivity contribution in [1.29, 1.82) is 0 Å². The SMILES string of the molecule is Cc1ccccc1NC(=O)[C@@H]1CCCN(C(=O)c2ccco2)C1. The molecule has 0 spiro atoms. The van der Waals surface area contributed by atoms with Crippen LogP contribution in [-0.2, 0) is 4.79 Å². The molecule has 1 atom stereocenters. The van der Waals surface area contributed by atoms with Crippen LogP contribution in [0.2, 0.25) is 0 Å². The summed E-state index contributed by atoms with van der Waals surface area (Å²) in [4.78, 5) is 26.5. The van der Waals surface area contributed by atoms with Crippen LogP contribution in [0.15, 0.2) is 47.1 Å². The largest absolute Gasteiger partial charge is 0.459 e. The second-order valence-corrected chi connectivity index (χ2v) is 5.87. The third-order valence-corrected chi connectivity index (χ3v) is 4.21. The number of hydrogen-bond acceptors (Lipinski definition) is 3. The molecule has 1 fully saturated rings. The molecule has 3 rings (SSSR count). The molecule has 2 heterocycles. The summed E-state index contributed by atoms with van der Waals surface area (Å²) in [7, 11) is 0. The van der Waals surface area contributed by atoms with Crippen LogP contribution in [0.1, 0.15) is 29.0 Å². The maximum absolute atomic E-state index is 12.5. The number of anilines is 1. The topological polar surface area (TPSA) is 62.6 Å². The van der Waals surface area contributed by atoms with Crippen LogP contribution in [0.5, 0.6) is 0 Å². The first-order valence-corrected chi connectivity index (χ1v) is 7.84. The number of nitrogens with one attached hydrogen (secondary N) is 1. The molecule has 120 valence electrons. The number of hydrogen-bond donors (Lipinski definition) is 1. The molecule has 1 aromatic carbocycles. The lowest BCUT2D eigenvalue weighted by atomic mass is 9.96. The van der Waals surface area contributed by atoms with Crippen LogP contribution in [0.3, 0.4) is 0 Å². The zero-order valence-electron chi connectivity index (χ0n) is 13.1. The molecule has 23 heavy (non-hydrogen) atoms. The highest BCUT2D eigenvalue weighted by molar-refractivity contribution is 5.95. The zero-order valence-corrected chi connectivity index (χ0v) is 13.1. The first kappa shape index (κ1) is 15.3. The highest BCUT2D eigenvalue weighted by Gasteiger charge is 2.30. The summed E-state index contributed by atoms with van der Waals surface area (Å²) in [6.45, 7) is 3.05. The van der Waals surface area contributed by atoms with Crippen LogP contribution >= 0.6 is 0 Å². The number of benzene rings is 1. The standard InChI is InChI=1S/C18H20N2O3/c1-13-6-2-3-8-15(13)19-17(21)14-7-4-10-20(12-14)18(22)16-9-5-11-23-16/h2-3,5-6,8-9,11,14H,4,7,10,12H2,1H3,(H,19,21)/t14-/m1/s1. The molecule has 1 aliphatic rings. The van der Waals surface area contributed by atoms with Gasteiger partial charge in [0.1, 0.15) is 0 Å². The van der Waals surface area contributed by atoms with Gasteiger partial charge in [-0.2, -0.15) is 0 Å². The summed E-state index contributed by atoms with van der Waals surface area (Å²) in [5.41, 5.74) is 1.85. The van der Waals surface area contributed by atoms with E-state index in [0.717, 1.165) is 24.1 Å². The van der Waals surface area contributed by atoms with E-state index in [4.69, 9.17) is 4.42 Å². The van der Waals surface area contributed by atoms with Crippen LogP contribution in [0.4, 0.5) is 5.69 Å². The van der Waals surface area contributed by atoms with Crippen LogP contribution in [0.25, 0.3) is 0 Å². The Balaban J connectivity index is 1.65. The van der Waals surface area contributed by atoms with Crippen LogP contribution < -0.4 is 5.32 Å². The van der Waals surface area contributed by atoms with Crippen LogP contribution in [-0.4, -0.2) is 29.8 Å². The minimum Gasteiger partial charge on any atom is -0.459 e. The van der Waals surface area contributed by atoms with Crippen molar-refractivity contribution in [3.63, 3.8) is 0 Å². The molecule has 1 N–H and O–H groups in total. The number of likely N-dealkylation sites (tertiary alicyclic amines) is 1. The fraction of sp³-hybridized carbons (Fsp3) is 0.333. The number of nitrogens with zero attached hydrogens (tertiary/aromatic N) is 1. The summed E-state index contributed by atoms with van der Waals surface area (Å²) in [5.74, 6) is -0.0492. The Labute approximate surface area is 135 Å². The number of carbonyl (C=O) groups excluding carboxylic acids is 2. The van der Waals surface area contributed by atoms with Gasteiger partial charge in [0.25, 0.3) is 5.91 Å². The van der Waals surface area contributed by atoms with Crippen LogP contribution in [0, 0.1) is 12.8 Å². The van der Waals surface area contributed by atoms with E-state index in [9.17, 15) is 9.59 Å². The van der Waals surface area contributed by atoms with E-state index in [1.54, 1.807) is 17.0 Å². The average Bonchev–Trinajstić information content (AvgIpc) is 3.11.